The van der Waals surface area contributed by atoms with E-state index < -0.39 is 0 Å². The van der Waals surface area contributed by atoms with Gasteiger partial charge in [0.25, 0.3) is 0 Å². The Morgan fingerprint density at radius 2 is 2.29 bits per heavy atom. The van der Waals surface area contributed by atoms with Crippen molar-refractivity contribution in [3.05, 3.63) is 23.6 Å². The fraction of sp³-hybridized carbons (Fsp3) is 0.615. The van der Waals surface area contributed by atoms with Gasteiger partial charge in [-0.2, -0.15) is 0 Å². The molecule has 1 aliphatic rings. The molecule has 1 N–H and O–H groups in total. The maximum absolute atomic E-state index is 14.1. The van der Waals surface area contributed by atoms with E-state index in [2.05, 4.69) is 11.9 Å². The molecule has 94 valence electrons. The van der Waals surface area contributed by atoms with Gasteiger partial charge in [-0.05, 0) is 25.8 Å². The highest BCUT2D eigenvalue weighted by Gasteiger charge is 2.22. The van der Waals surface area contributed by atoms with Crippen molar-refractivity contribution in [3.63, 3.8) is 0 Å². The molecule has 4 heteroatoms. The summed E-state index contributed by atoms with van der Waals surface area (Å²) in [6, 6.07) is 1.84. The second-order valence-corrected chi connectivity index (χ2v) is 4.66. The van der Waals surface area contributed by atoms with E-state index in [9.17, 15) is 4.39 Å². The molecule has 2 heterocycles. The van der Waals surface area contributed by atoms with Crippen molar-refractivity contribution in [1.82, 2.24) is 4.98 Å². The van der Waals surface area contributed by atoms with Crippen LogP contribution in [0, 0.1) is 5.82 Å². The maximum atomic E-state index is 14.1. The Morgan fingerprint density at radius 3 is 3.06 bits per heavy atom. The molecular weight excluding hydrogens is 219 g/mol. The molecule has 1 saturated heterocycles. The van der Waals surface area contributed by atoms with Crippen LogP contribution in [-0.4, -0.2) is 22.7 Å². The highest BCUT2D eigenvalue weighted by molar-refractivity contribution is 5.44. The van der Waals surface area contributed by atoms with Crippen LogP contribution in [0.3, 0.4) is 0 Å². The highest BCUT2D eigenvalue weighted by atomic mass is 19.1. The first-order valence-electron chi connectivity index (χ1n) is 6.25. The lowest BCUT2D eigenvalue weighted by Crippen LogP contribution is -2.34. The van der Waals surface area contributed by atoms with Crippen LogP contribution in [-0.2, 0) is 6.61 Å². The van der Waals surface area contributed by atoms with Gasteiger partial charge < -0.3 is 10.0 Å². The summed E-state index contributed by atoms with van der Waals surface area (Å²) in [7, 11) is 0. The number of hydrogen-bond acceptors (Lipinski definition) is 3. The lowest BCUT2D eigenvalue weighted by molar-refractivity contribution is 0.275. The van der Waals surface area contributed by atoms with E-state index in [1.165, 1.54) is 18.9 Å². The number of nitrogens with zero attached hydrogens (tertiary/aromatic N) is 2. The molecule has 1 atom stereocenters. The van der Waals surface area contributed by atoms with Gasteiger partial charge in [0.05, 0.1) is 6.61 Å². The first kappa shape index (κ1) is 12.3. The van der Waals surface area contributed by atoms with E-state index in [-0.39, 0.29) is 12.4 Å². The zero-order chi connectivity index (χ0) is 12.3. The summed E-state index contributed by atoms with van der Waals surface area (Å²) >= 11 is 0. The monoisotopic (exact) mass is 238 g/mol. The summed E-state index contributed by atoms with van der Waals surface area (Å²) in [5.41, 5.74) is 0.325. The number of aliphatic hydroxyl groups excluding tert-OH is 1. The molecule has 0 aromatic carbocycles. The van der Waals surface area contributed by atoms with Gasteiger partial charge in [-0.1, -0.05) is 12.8 Å². The van der Waals surface area contributed by atoms with Crippen molar-refractivity contribution in [2.24, 2.45) is 0 Å². The minimum absolute atomic E-state index is 0.274. The molecule has 0 aliphatic carbocycles. The molecule has 0 saturated carbocycles. The number of aliphatic hydroxyl groups is 1. The molecule has 1 fully saturated rings. The second kappa shape index (κ2) is 5.45. The largest absolute Gasteiger partial charge is 0.392 e. The Kier molecular flexibility index (Phi) is 3.94. The predicted octanol–water partition coefficient (Wildman–Crippen LogP) is 2.48. The van der Waals surface area contributed by atoms with Gasteiger partial charge in [0.2, 0.25) is 0 Å². The first-order valence-corrected chi connectivity index (χ1v) is 6.25. The number of aromatic nitrogens is 1. The number of halogens is 1. The molecule has 17 heavy (non-hydrogen) atoms. The number of anilines is 1. The number of rotatable bonds is 2. The van der Waals surface area contributed by atoms with Gasteiger partial charge in [-0.25, -0.2) is 9.37 Å². The normalized spacial score (nSPS) is 21.4. The molecule has 0 bridgehead atoms. The topological polar surface area (TPSA) is 36.4 Å². The Balaban J connectivity index is 2.31. The smallest absolute Gasteiger partial charge is 0.171 e. The van der Waals surface area contributed by atoms with E-state index in [0.29, 0.717) is 17.4 Å². The molecular formula is C13H19FN2O. The van der Waals surface area contributed by atoms with E-state index >= 15 is 0 Å². The zero-order valence-electron chi connectivity index (χ0n) is 10.2. The van der Waals surface area contributed by atoms with E-state index in [1.54, 1.807) is 6.20 Å². The molecule has 0 spiro atoms. The molecule has 3 nitrogen and oxygen atoms in total. The van der Waals surface area contributed by atoms with Crippen LogP contribution in [0.5, 0.6) is 0 Å². The average Bonchev–Trinajstić information content (AvgIpc) is 2.55. The number of hydrogen-bond donors (Lipinski definition) is 1. The minimum Gasteiger partial charge on any atom is -0.392 e. The fourth-order valence-electron chi connectivity index (χ4n) is 2.38. The van der Waals surface area contributed by atoms with Crippen LogP contribution in [0.15, 0.2) is 12.3 Å². The van der Waals surface area contributed by atoms with Gasteiger partial charge in [0, 0.05) is 24.3 Å². The van der Waals surface area contributed by atoms with Gasteiger partial charge in [0.15, 0.2) is 11.6 Å². The summed E-state index contributed by atoms with van der Waals surface area (Å²) in [6.45, 7) is 2.68. The van der Waals surface area contributed by atoms with Crippen molar-refractivity contribution in [3.8, 4) is 0 Å². The average molecular weight is 238 g/mol. The summed E-state index contributed by atoms with van der Waals surface area (Å²) in [4.78, 5) is 6.17. The zero-order valence-corrected chi connectivity index (χ0v) is 10.2. The van der Waals surface area contributed by atoms with E-state index in [4.69, 9.17) is 5.11 Å². The Bertz CT molecular complexity index is 384. The standard InChI is InChI=1S/C13H19FN2O/c1-10-5-3-2-4-8-16(10)13-12(14)11(9-17)6-7-15-13/h6-7,10,17H,2-5,8-9H2,1H3. The SMILES string of the molecule is CC1CCCCCN1c1nccc(CO)c1F. The third-order valence-corrected chi connectivity index (χ3v) is 3.45. The second-order valence-electron chi connectivity index (χ2n) is 4.66. The Labute approximate surface area is 101 Å². The van der Waals surface area contributed by atoms with E-state index in [0.717, 1.165) is 19.4 Å². The van der Waals surface area contributed by atoms with Gasteiger partial charge in [-0.3, -0.25) is 0 Å². The van der Waals surface area contributed by atoms with Crippen LogP contribution in [0.1, 0.15) is 38.2 Å². The lowest BCUT2D eigenvalue weighted by atomic mass is 10.1. The van der Waals surface area contributed by atoms with Crippen LogP contribution < -0.4 is 4.90 Å². The molecule has 0 amide bonds. The maximum Gasteiger partial charge on any atom is 0.171 e. The molecule has 1 aromatic rings. The van der Waals surface area contributed by atoms with Gasteiger partial charge in [-0.15, -0.1) is 0 Å². The third kappa shape index (κ3) is 2.57. The summed E-state index contributed by atoms with van der Waals surface area (Å²) in [6.07, 6.45) is 6.11. The number of pyridine rings is 1. The molecule has 2 rings (SSSR count). The Morgan fingerprint density at radius 1 is 1.47 bits per heavy atom. The van der Waals surface area contributed by atoms with Crippen molar-refractivity contribution in [2.45, 2.75) is 45.3 Å². The first-order chi connectivity index (χ1) is 8.24. The van der Waals surface area contributed by atoms with E-state index in [1.807, 2.05) is 4.90 Å². The van der Waals surface area contributed by atoms with Crippen molar-refractivity contribution >= 4 is 5.82 Å². The lowest BCUT2D eigenvalue weighted by Gasteiger charge is -2.28. The van der Waals surface area contributed by atoms with Gasteiger partial charge in [0.1, 0.15) is 0 Å². The van der Waals surface area contributed by atoms with Crippen molar-refractivity contribution < 1.29 is 9.50 Å². The summed E-state index contributed by atoms with van der Waals surface area (Å²) in [5.74, 6) is 0.0229. The molecule has 1 unspecified atom stereocenters. The van der Waals surface area contributed by atoms with Crippen LogP contribution in [0.25, 0.3) is 0 Å². The van der Waals surface area contributed by atoms with Crippen molar-refractivity contribution in [1.29, 1.82) is 0 Å². The van der Waals surface area contributed by atoms with Crippen molar-refractivity contribution in [2.75, 3.05) is 11.4 Å². The quantitative estimate of drug-likeness (QED) is 0.860. The van der Waals surface area contributed by atoms with Crippen LogP contribution in [0.4, 0.5) is 10.2 Å². The van der Waals surface area contributed by atoms with Gasteiger partial charge >= 0.3 is 0 Å². The summed E-state index contributed by atoms with van der Waals surface area (Å²) in [5, 5.41) is 9.08. The fourth-order valence-corrected chi connectivity index (χ4v) is 2.38. The molecule has 0 radical (unpaired) electrons. The third-order valence-electron chi connectivity index (χ3n) is 3.45. The Hall–Kier alpha value is -1.16. The minimum atomic E-state index is -0.372. The van der Waals surface area contributed by atoms with Crippen LogP contribution in [0.2, 0.25) is 0 Å². The molecule has 1 aliphatic heterocycles. The molecule has 1 aromatic heterocycles. The van der Waals surface area contributed by atoms with Crippen LogP contribution >= 0.6 is 0 Å². The highest BCUT2D eigenvalue weighted by Crippen LogP contribution is 2.26. The predicted molar refractivity (Wildman–Crippen MR) is 65.4 cm³/mol. The summed E-state index contributed by atoms with van der Waals surface area (Å²) < 4.78 is 14.1.